The Bertz CT molecular complexity index is 214. The van der Waals surface area contributed by atoms with E-state index in [0.717, 1.165) is 0 Å². The third-order valence-corrected chi connectivity index (χ3v) is 2.11. The molecule has 1 unspecified atom stereocenters. The van der Waals surface area contributed by atoms with E-state index in [9.17, 15) is 9.59 Å². The predicted octanol–water partition coefficient (Wildman–Crippen LogP) is 1.21. The second-order valence-electron chi connectivity index (χ2n) is 2.94. The van der Waals surface area contributed by atoms with E-state index in [1.165, 1.54) is 6.08 Å². The minimum absolute atomic E-state index is 0.207. The molecule has 0 aromatic heterocycles. The monoisotopic (exact) mass is 171 g/mol. The van der Waals surface area contributed by atoms with Crippen molar-refractivity contribution in [2.75, 3.05) is 0 Å². The average molecular weight is 171 g/mol. The van der Waals surface area contributed by atoms with E-state index in [2.05, 4.69) is 4.99 Å². The first kappa shape index (κ1) is 10.8. The molecule has 0 spiro atoms. The van der Waals surface area contributed by atoms with E-state index in [4.69, 9.17) is 5.11 Å². The second-order valence-corrected chi connectivity index (χ2v) is 2.94. The van der Waals surface area contributed by atoms with E-state index in [1.54, 1.807) is 20.8 Å². The van der Waals surface area contributed by atoms with Crippen LogP contribution >= 0.6 is 0 Å². The van der Waals surface area contributed by atoms with Crippen molar-refractivity contribution >= 4 is 12.0 Å². The molecule has 4 heteroatoms. The summed E-state index contributed by atoms with van der Waals surface area (Å²) in [7, 11) is 0. The maximum atomic E-state index is 10.8. The number of carboxylic acid groups (broad SMARTS) is 1. The molecule has 0 radical (unpaired) electrons. The van der Waals surface area contributed by atoms with E-state index in [0.29, 0.717) is 6.42 Å². The molecule has 12 heavy (non-hydrogen) atoms. The maximum Gasteiger partial charge on any atom is 0.332 e. The van der Waals surface area contributed by atoms with E-state index in [-0.39, 0.29) is 5.92 Å². The lowest BCUT2D eigenvalue weighted by molar-refractivity contribution is -0.145. The molecule has 0 aromatic carbocycles. The molecule has 0 bridgehead atoms. The summed E-state index contributed by atoms with van der Waals surface area (Å²) in [6, 6.07) is 0. The zero-order valence-corrected chi connectivity index (χ0v) is 7.50. The number of carbonyl (C=O) groups is 1. The fourth-order valence-electron chi connectivity index (χ4n) is 1.14. The van der Waals surface area contributed by atoms with Crippen LogP contribution in [0.2, 0.25) is 0 Å². The van der Waals surface area contributed by atoms with Crippen molar-refractivity contribution in [2.45, 2.75) is 32.7 Å². The molecule has 0 aliphatic rings. The molecule has 0 aliphatic heterocycles. The number of isocyanates is 1. The Morgan fingerprint density at radius 3 is 2.25 bits per heavy atom. The van der Waals surface area contributed by atoms with Crippen molar-refractivity contribution in [1.82, 2.24) is 0 Å². The van der Waals surface area contributed by atoms with Gasteiger partial charge in [-0.3, -0.25) is 0 Å². The zero-order chi connectivity index (χ0) is 9.78. The summed E-state index contributed by atoms with van der Waals surface area (Å²) < 4.78 is 0. The fourth-order valence-corrected chi connectivity index (χ4v) is 1.14. The van der Waals surface area contributed by atoms with Crippen LogP contribution in [-0.2, 0) is 9.59 Å². The molecular weight excluding hydrogens is 158 g/mol. The number of carboxylic acids is 1. The van der Waals surface area contributed by atoms with Crippen LogP contribution in [-0.4, -0.2) is 22.7 Å². The molecule has 1 N–H and O–H groups in total. The second kappa shape index (κ2) is 4.02. The van der Waals surface area contributed by atoms with Gasteiger partial charge in [0.2, 0.25) is 6.08 Å². The number of nitrogens with zero attached hydrogens (tertiary/aromatic N) is 1. The summed E-state index contributed by atoms with van der Waals surface area (Å²) in [4.78, 5) is 24.2. The minimum Gasteiger partial charge on any atom is -0.479 e. The Hall–Kier alpha value is -1.15. The molecule has 0 amide bonds. The highest BCUT2D eigenvalue weighted by atomic mass is 16.4. The first-order chi connectivity index (χ1) is 5.51. The van der Waals surface area contributed by atoms with Crippen molar-refractivity contribution in [3.63, 3.8) is 0 Å². The summed E-state index contributed by atoms with van der Waals surface area (Å²) in [5.74, 6) is -1.27. The van der Waals surface area contributed by atoms with Gasteiger partial charge in [0, 0.05) is 0 Å². The van der Waals surface area contributed by atoms with Gasteiger partial charge in [-0.15, -0.1) is 0 Å². The van der Waals surface area contributed by atoms with Gasteiger partial charge in [0.05, 0.1) is 0 Å². The van der Waals surface area contributed by atoms with Gasteiger partial charge in [0.15, 0.2) is 5.54 Å². The maximum absolute atomic E-state index is 10.8. The lowest BCUT2D eigenvalue weighted by Crippen LogP contribution is -2.41. The topological polar surface area (TPSA) is 66.7 Å². The van der Waals surface area contributed by atoms with Crippen LogP contribution in [0.15, 0.2) is 4.99 Å². The van der Waals surface area contributed by atoms with Crippen molar-refractivity contribution < 1.29 is 14.7 Å². The van der Waals surface area contributed by atoms with Crippen LogP contribution in [0.3, 0.4) is 0 Å². The van der Waals surface area contributed by atoms with E-state index >= 15 is 0 Å². The van der Waals surface area contributed by atoms with Gasteiger partial charge in [0.1, 0.15) is 0 Å². The molecule has 0 fully saturated rings. The third kappa shape index (κ3) is 1.71. The highest BCUT2D eigenvalue weighted by Gasteiger charge is 2.40. The molecule has 0 aromatic rings. The molecule has 4 nitrogen and oxygen atoms in total. The van der Waals surface area contributed by atoms with Crippen molar-refractivity contribution in [3.05, 3.63) is 0 Å². The predicted molar refractivity (Wildman–Crippen MR) is 43.6 cm³/mol. The first-order valence-electron chi connectivity index (χ1n) is 3.83. The van der Waals surface area contributed by atoms with Crippen molar-refractivity contribution in [1.29, 1.82) is 0 Å². The molecule has 0 heterocycles. The van der Waals surface area contributed by atoms with Crippen molar-refractivity contribution in [3.8, 4) is 0 Å². The highest BCUT2D eigenvalue weighted by molar-refractivity contribution is 5.80. The molecule has 0 rings (SSSR count). The largest absolute Gasteiger partial charge is 0.479 e. The van der Waals surface area contributed by atoms with Gasteiger partial charge in [0.25, 0.3) is 0 Å². The first-order valence-corrected chi connectivity index (χ1v) is 3.83. The SMILES string of the molecule is CCC(N=C=O)(C(=O)O)C(C)C. The molecule has 0 saturated carbocycles. The molecular formula is C8H13NO3. The van der Waals surface area contributed by atoms with Gasteiger partial charge in [-0.25, -0.2) is 9.59 Å². The van der Waals surface area contributed by atoms with Gasteiger partial charge in [-0.1, -0.05) is 20.8 Å². The summed E-state index contributed by atoms with van der Waals surface area (Å²) >= 11 is 0. The Kier molecular flexibility index (Phi) is 3.64. The number of aliphatic carboxylic acids is 1. The smallest absolute Gasteiger partial charge is 0.332 e. The fraction of sp³-hybridized carbons (Fsp3) is 0.750. The Morgan fingerprint density at radius 1 is 1.67 bits per heavy atom. The Balaban J connectivity index is 5.02. The van der Waals surface area contributed by atoms with E-state index in [1.807, 2.05) is 0 Å². The molecule has 68 valence electrons. The number of rotatable bonds is 4. The van der Waals surface area contributed by atoms with E-state index < -0.39 is 11.5 Å². The number of carbonyl (C=O) groups excluding carboxylic acids is 1. The van der Waals surface area contributed by atoms with Crippen molar-refractivity contribution in [2.24, 2.45) is 10.9 Å². The van der Waals surface area contributed by atoms with Crippen LogP contribution in [0.25, 0.3) is 0 Å². The van der Waals surface area contributed by atoms with Gasteiger partial charge in [-0.05, 0) is 12.3 Å². The van der Waals surface area contributed by atoms with Crippen LogP contribution < -0.4 is 0 Å². The normalized spacial score (nSPS) is 15.0. The number of hydrogen-bond donors (Lipinski definition) is 1. The van der Waals surface area contributed by atoms with Crippen LogP contribution in [0.5, 0.6) is 0 Å². The number of aliphatic imine (C=N–C) groups is 1. The van der Waals surface area contributed by atoms with Gasteiger partial charge < -0.3 is 5.11 Å². The molecule has 1 atom stereocenters. The molecule has 0 saturated heterocycles. The quantitative estimate of drug-likeness (QED) is 0.510. The minimum atomic E-state index is -1.29. The standard InChI is InChI=1S/C8H13NO3/c1-4-8(6(2)3,7(11)12)9-5-10/h6H,4H2,1-3H3,(H,11,12). The van der Waals surface area contributed by atoms with Gasteiger partial charge >= 0.3 is 5.97 Å². The third-order valence-electron chi connectivity index (χ3n) is 2.11. The van der Waals surface area contributed by atoms with Crippen LogP contribution in [0.4, 0.5) is 0 Å². The summed E-state index contributed by atoms with van der Waals surface area (Å²) in [5.41, 5.74) is -1.29. The average Bonchev–Trinajstić information content (AvgIpc) is 1.98. The van der Waals surface area contributed by atoms with Crippen LogP contribution in [0.1, 0.15) is 27.2 Å². The zero-order valence-electron chi connectivity index (χ0n) is 7.50. The Labute approximate surface area is 71.3 Å². The highest BCUT2D eigenvalue weighted by Crippen LogP contribution is 2.25. The Morgan fingerprint density at radius 2 is 2.17 bits per heavy atom. The summed E-state index contributed by atoms with van der Waals surface area (Å²) in [5, 5.41) is 8.85. The lowest BCUT2D eigenvalue weighted by Gasteiger charge is -2.25. The van der Waals surface area contributed by atoms with Crippen LogP contribution in [0, 0.1) is 5.92 Å². The number of hydrogen-bond acceptors (Lipinski definition) is 3. The summed E-state index contributed by atoms with van der Waals surface area (Å²) in [6.07, 6.45) is 1.62. The molecule has 0 aliphatic carbocycles. The lowest BCUT2D eigenvalue weighted by atomic mass is 9.85. The summed E-state index contributed by atoms with van der Waals surface area (Å²) in [6.45, 7) is 5.13. The van der Waals surface area contributed by atoms with Gasteiger partial charge in [-0.2, -0.15) is 4.99 Å².